The third kappa shape index (κ3) is 14.9. The molecule has 3 aromatic carbocycles. The van der Waals surface area contributed by atoms with E-state index in [2.05, 4.69) is 5.32 Å². The number of nitrogens with zero attached hydrogens (tertiary/aromatic N) is 1. The molecule has 1 fully saturated rings. The molecule has 3 aromatic rings. The molecule has 1 amide bonds. The van der Waals surface area contributed by atoms with Crippen LogP contribution in [-0.4, -0.2) is 70.1 Å². The molecule has 51 heavy (non-hydrogen) atoms. The molecule has 0 aliphatic carbocycles. The molecule has 0 spiro atoms. The summed E-state index contributed by atoms with van der Waals surface area (Å²) < 4.78 is 90.2. The minimum atomic E-state index is -5.08. The zero-order valence-electron chi connectivity index (χ0n) is 26.4. The molecule has 4 rings (SSSR count). The number of nitrogens with two attached hydrogens (primary N) is 1. The Morgan fingerprint density at radius 1 is 0.804 bits per heavy atom. The van der Waals surface area contributed by atoms with Crippen molar-refractivity contribution in [3.8, 4) is 11.5 Å². The first-order valence-corrected chi connectivity index (χ1v) is 16.2. The molecule has 12 nitrogen and oxygen atoms in total. The fraction of sp³-hybridized carbons (Fsp3) is 0.250. The number of para-hydroxylation sites is 2. The predicted molar refractivity (Wildman–Crippen MR) is 173 cm³/mol. The van der Waals surface area contributed by atoms with Crippen molar-refractivity contribution >= 4 is 37.5 Å². The van der Waals surface area contributed by atoms with Gasteiger partial charge in [0, 0.05) is 19.2 Å². The van der Waals surface area contributed by atoms with E-state index in [-0.39, 0.29) is 11.9 Å². The van der Waals surface area contributed by atoms with Gasteiger partial charge < -0.3 is 35.2 Å². The van der Waals surface area contributed by atoms with Crippen LogP contribution in [0.5, 0.6) is 11.5 Å². The van der Waals surface area contributed by atoms with E-state index >= 15 is 0 Å². The molecule has 1 atom stereocenters. The highest BCUT2D eigenvalue weighted by Crippen LogP contribution is 2.55. The van der Waals surface area contributed by atoms with Gasteiger partial charge >= 0.3 is 31.9 Å². The number of rotatable bonds is 9. The van der Waals surface area contributed by atoms with Crippen LogP contribution in [-0.2, 0) is 18.9 Å². The Hall–Kier alpha value is -5.51. The minimum Gasteiger partial charge on any atom is -0.475 e. The van der Waals surface area contributed by atoms with E-state index in [0.29, 0.717) is 37.4 Å². The fourth-order valence-electron chi connectivity index (χ4n) is 4.23. The molecule has 1 aliphatic heterocycles. The normalized spacial score (nSPS) is 14.1. The Kier molecular flexibility index (Phi) is 15.5. The molecule has 19 heteroatoms. The largest absolute Gasteiger partial charge is 0.490 e. The van der Waals surface area contributed by atoms with Crippen LogP contribution in [0.1, 0.15) is 18.4 Å². The number of alkyl halides is 6. The molecule has 6 N–H and O–H groups in total. The summed E-state index contributed by atoms with van der Waals surface area (Å²) in [5, 5.41) is 24.9. The average Bonchev–Trinajstić information content (AvgIpc) is 3.07. The maximum atomic E-state index is 14.6. The topological polar surface area (TPSA) is 192 Å². The first-order chi connectivity index (χ1) is 23.8. The van der Waals surface area contributed by atoms with Crippen molar-refractivity contribution in [3.05, 3.63) is 103 Å². The highest BCUT2D eigenvalue weighted by Gasteiger charge is 2.46. The fourth-order valence-corrected chi connectivity index (χ4v) is 6.43. The Labute approximate surface area is 287 Å². The molecule has 1 unspecified atom stereocenters. The zero-order valence-corrected chi connectivity index (χ0v) is 27.3. The quantitative estimate of drug-likeness (QED) is 0.0541. The van der Waals surface area contributed by atoms with Crippen LogP contribution in [0.3, 0.4) is 0 Å². The second-order valence-corrected chi connectivity index (χ2v) is 12.4. The van der Waals surface area contributed by atoms with E-state index in [0.717, 1.165) is 5.56 Å². The smallest absolute Gasteiger partial charge is 0.475 e. The molecule has 1 heterocycles. The monoisotopic (exact) mass is 746 g/mol. The van der Waals surface area contributed by atoms with E-state index in [1.807, 2.05) is 42.5 Å². The van der Waals surface area contributed by atoms with Crippen molar-refractivity contribution in [2.24, 2.45) is 11.7 Å². The number of likely N-dealkylation sites (tertiary alicyclic amines) is 1. The predicted octanol–water partition coefficient (Wildman–Crippen LogP) is 6.37. The van der Waals surface area contributed by atoms with Crippen molar-refractivity contribution in [2.45, 2.75) is 31.0 Å². The second-order valence-electron chi connectivity index (χ2n) is 10.4. The number of halogens is 6. The third-order valence-electron chi connectivity index (χ3n) is 6.62. The number of benzene rings is 3. The van der Waals surface area contributed by atoms with Crippen molar-refractivity contribution in [2.75, 3.05) is 13.1 Å². The Balaban J connectivity index is 0.000000543. The first kappa shape index (κ1) is 41.7. The van der Waals surface area contributed by atoms with Gasteiger partial charge in [-0.15, -0.1) is 0 Å². The first-order valence-electron chi connectivity index (χ1n) is 14.6. The average molecular weight is 747 g/mol. The maximum absolute atomic E-state index is 14.6. The summed E-state index contributed by atoms with van der Waals surface area (Å²) in [7, 11) is -4.00. The van der Waals surface area contributed by atoms with Gasteiger partial charge in [0.25, 0.3) is 0 Å². The number of guanidine groups is 1. The summed E-state index contributed by atoms with van der Waals surface area (Å²) >= 11 is 0. The van der Waals surface area contributed by atoms with E-state index in [9.17, 15) is 35.7 Å². The summed E-state index contributed by atoms with van der Waals surface area (Å²) in [4.78, 5) is 32.6. The summed E-state index contributed by atoms with van der Waals surface area (Å²) in [5.74, 6) is -6.34. The van der Waals surface area contributed by atoms with Crippen molar-refractivity contribution in [1.82, 2.24) is 10.2 Å². The number of aliphatic carboxylic acids is 2. The van der Waals surface area contributed by atoms with E-state index in [4.69, 9.17) is 40.0 Å². The van der Waals surface area contributed by atoms with Crippen molar-refractivity contribution in [3.63, 3.8) is 0 Å². The molecular weight excluding hydrogens is 713 g/mol. The molecule has 0 bridgehead atoms. The van der Waals surface area contributed by atoms with Crippen LogP contribution in [0.15, 0.2) is 97.1 Å². The van der Waals surface area contributed by atoms with Crippen molar-refractivity contribution < 1.29 is 64.6 Å². The molecule has 1 aliphatic rings. The standard InChI is InChI=1S/C28H31N4O4P.2C2HF3O2/c29-28(30)32-20-18-23(19-21-32)27(31-26(33)17-16-22-10-4-1-5-11-22)37(34,35-24-12-6-2-7-13-24)36-25-14-8-3-9-15-25;2*3-2(4,5)1(6)7/h1-17,23,27H,18-21H2,(H3,29,30)(H,31,33);2*(H,6,7)/b17-16+;;. The highest BCUT2D eigenvalue weighted by molar-refractivity contribution is 7.55. The van der Waals surface area contributed by atoms with Gasteiger partial charge in [0.1, 0.15) is 11.5 Å². The van der Waals surface area contributed by atoms with Crippen LogP contribution in [0, 0.1) is 11.3 Å². The van der Waals surface area contributed by atoms with Gasteiger partial charge in [0.15, 0.2) is 11.7 Å². The van der Waals surface area contributed by atoms with Crippen LogP contribution in [0.25, 0.3) is 6.08 Å². The minimum absolute atomic E-state index is 0.00548. The molecule has 276 valence electrons. The number of amides is 1. The summed E-state index contributed by atoms with van der Waals surface area (Å²) in [6.07, 6.45) is -5.95. The Bertz CT molecular complexity index is 1590. The number of carbonyl (C=O) groups excluding carboxylic acids is 1. The van der Waals surface area contributed by atoms with Gasteiger partial charge in [-0.05, 0) is 54.7 Å². The number of nitrogens with one attached hydrogen (secondary N) is 2. The van der Waals surface area contributed by atoms with E-state index in [1.165, 1.54) is 6.08 Å². The van der Waals surface area contributed by atoms with Gasteiger partial charge in [-0.3, -0.25) is 10.2 Å². The van der Waals surface area contributed by atoms with Crippen molar-refractivity contribution in [1.29, 1.82) is 5.41 Å². The lowest BCUT2D eigenvalue weighted by molar-refractivity contribution is -0.193. The number of carbonyl (C=O) groups is 3. The van der Waals surface area contributed by atoms with Gasteiger partial charge in [-0.1, -0.05) is 66.7 Å². The number of hydrogen-bond donors (Lipinski definition) is 5. The van der Waals surface area contributed by atoms with E-state index < -0.39 is 43.6 Å². The van der Waals surface area contributed by atoms with Crippen LogP contribution in [0.4, 0.5) is 26.3 Å². The second kappa shape index (κ2) is 19.0. The Morgan fingerprint density at radius 3 is 1.53 bits per heavy atom. The lowest BCUT2D eigenvalue weighted by Crippen LogP contribution is -2.48. The lowest BCUT2D eigenvalue weighted by atomic mass is 9.96. The number of carboxylic acids is 2. The summed E-state index contributed by atoms with van der Waals surface area (Å²) in [6.45, 7) is 1.01. The highest BCUT2D eigenvalue weighted by atomic mass is 31.2. The lowest BCUT2D eigenvalue weighted by Gasteiger charge is -2.38. The number of hydrogen-bond acceptors (Lipinski definition) is 7. The van der Waals surface area contributed by atoms with Gasteiger partial charge in [-0.2, -0.15) is 26.3 Å². The maximum Gasteiger partial charge on any atom is 0.490 e. The number of piperidine rings is 1. The van der Waals surface area contributed by atoms with Crippen LogP contribution in [0.2, 0.25) is 0 Å². The van der Waals surface area contributed by atoms with Gasteiger partial charge in [0.2, 0.25) is 5.91 Å². The third-order valence-corrected chi connectivity index (χ3v) is 8.78. The van der Waals surface area contributed by atoms with Gasteiger partial charge in [-0.25, -0.2) is 14.2 Å². The van der Waals surface area contributed by atoms with E-state index in [1.54, 1.807) is 59.5 Å². The molecule has 1 saturated heterocycles. The zero-order chi connectivity index (χ0) is 38.2. The van der Waals surface area contributed by atoms with Crippen LogP contribution >= 0.6 is 7.60 Å². The molecule has 0 aromatic heterocycles. The number of carboxylic acid groups (broad SMARTS) is 2. The molecule has 0 saturated carbocycles. The van der Waals surface area contributed by atoms with Crippen LogP contribution < -0.4 is 20.1 Å². The SMILES string of the molecule is N=C(N)N1CCC(C(NC(=O)/C=C/c2ccccc2)P(=O)(Oc2ccccc2)Oc2ccccc2)CC1.O=C(O)C(F)(F)F.O=C(O)C(F)(F)F. The summed E-state index contributed by atoms with van der Waals surface area (Å²) in [5.41, 5.74) is 6.55. The molecular formula is C32H33F6N4O8P. The Morgan fingerprint density at radius 2 is 1.18 bits per heavy atom. The summed E-state index contributed by atoms with van der Waals surface area (Å²) in [6, 6.07) is 27.1. The molecule has 0 radical (unpaired) electrons. The van der Waals surface area contributed by atoms with Gasteiger partial charge in [0.05, 0.1) is 0 Å².